The Bertz CT molecular complexity index is 1150. The summed E-state index contributed by atoms with van der Waals surface area (Å²) in [6, 6.07) is 7.11. The number of allylic oxidation sites excluding steroid dienone is 2. The number of carbonyl (C=O) groups is 2. The Morgan fingerprint density at radius 1 is 0.931 bits per heavy atom. The van der Waals surface area contributed by atoms with Crippen LogP contribution in [0.3, 0.4) is 0 Å². The van der Waals surface area contributed by atoms with Gasteiger partial charge in [-0.1, -0.05) is 70.7 Å². The lowest BCUT2D eigenvalue weighted by Gasteiger charge is -2.35. The summed E-state index contributed by atoms with van der Waals surface area (Å²) in [5.41, 5.74) is -1.46. The third-order valence-corrected chi connectivity index (χ3v) is 6.33. The first kappa shape index (κ1) is 20.4. The van der Waals surface area contributed by atoms with E-state index in [1.165, 1.54) is 30.3 Å². The lowest BCUT2D eigenvalue weighted by Crippen LogP contribution is -2.44. The molecule has 2 aliphatic rings. The van der Waals surface area contributed by atoms with Crippen molar-refractivity contribution in [3.05, 3.63) is 84.6 Å². The van der Waals surface area contributed by atoms with Crippen molar-refractivity contribution in [2.45, 2.75) is 12.2 Å². The first-order valence-corrected chi connectivity index (χ1v) is 9.76. The first-order chi connectivity index (χ1) is 13.7. The molecule has 0 aliphatic heterocycles. The van der Waals surface area contributed by atoms with E-state index in [0.717, 1.165) is 6.08 Å². The quantitative estimate of drug-likeness (QED) is 0.376. The first-order valence-electron chi connectivity index (χ1n) is 8.25. The van der Waals surface area contributed by atoms with Crippen LogP contribution in [0.5, 0.6) is 0 Å². The fourth-order valence-corrected chi connectivity index (χ4v) is 4.31. The molecule has 2 aromatic rings. The zero-order valence-electron chi connectivity index (χ0n) is 14.3. The molecular formula is C20H9Cl4F2NO2. The van der Waals surface area contributed by atoms with Crippen molar-refractivity contribution in [2.24, 2.45) is 0 Å². The fourth-order valence-electron chi connectivity index (χ4n) is 3.41. The van der Waals surface area contributed by atoms with Gasteiger partial charge in [0.05, 0.1) is 36.9 Å². The van der Waals surface area contributed by atoms with Crippen LogP contribution in [0.4, 0.5) is 14.5 Å². The van der Waals surface area contributed by atoms with Crippen molar-refractivity contribution in [3.63, 3.8) is 0 Å². The van der Waals surface area contributed by atoms with Crippen LogP contribution < -0.4 is 5.32 Å². The number of hydrogen-bond acceptors (Lipinski definition) is 3. The van der Waals surface area contributed by atoms with Crippen molar-refractivity contribution >= 4 is 63.7 Å². The summed E-state index contributed by atoms with van der Waals surface area (Å²) >= 11 is 24.3. The molecular weight excluding hydrogens is 466 g/mol. The molecule has 9 heteroatoms. The van der Waals surface area contributed by atoms with Crippen molar-refractivity contribution in [2.75, 3.05) is 5.32 Å². The van der Waals surface area contributed by atoms with Crippen molar-refractivity contribution in [1.82, 2.24) is 0 Å². The third kappa shape index (κ3) is 3.08. The standard InChI is InChI=1S/C20H9Cl4F2NO2/c21-10-7-11(22)16(24)17(15(10)23)27-20(26)6-5-12(25)13-14(20)19(29)9-4-2-1-3-8(9)18(13)28/h1-5,7,27H,6H2. The third-order valence-electron chi connectivity index (χ3n) is 4.75. The van der Waals surface area contributed by atoms with E-state index in [4.69, 9.17) is 46.4 Å². The zero-order chi connectivity index (χ0) is 21.1. The van der Waals surface area contributed by atoms with E-state index in [2.05, 4.69) is 5.32 Å². The van der Waals surface area contributed by atoms with Gasteiger partial charge in [-0.25, -0.2) is 8.78 Å². The minimum Gasteiger partial charge on any atom is -0.347 e. The Hall–Kier alpha value is -1.92. The van der Waals surface area contributed by atoms with Crippen molar-refractivity contribution in [3.8, 4) is 0 Å². The van der Waals surface area contributed by atoms with Gasteiger partial charge < -0.3 is 5.32 Å². The van der Waals surface area contributed by atoms with Gasteiger partial charge in [-0.2, -0.15) is 0 Å². The summed E-state index contributed by atoms with van der Waals surface area (Å²) in [5.74, 6) is -5.24. The second-order valence-corrected chi connectivity index (χ2v) is 8.05. The van der Waals surface area contributed by atoms with E-state index in [0.29, 0.717) is 0 Å². The predicted octanol–water partition coefficient (Wildman–Crippen LogP) is 7.01. The summed E-state index contributed by atoms with van der Waals surface area (Å²) < 4.78 is 30.7. The summed E-state index contributed by atoms with van der Waals surface area (Å²) in [4.78, 5) is 25.9. The van der Waals surface area contributed by atoms with Crippen LogP contribution in [0.15, 0.2) is 53.4 Å². The molecule has 1 unspecified atom stereocenters. The minimum absolute atomic E-state index is 0.00436. The van der Waals surface area contributed by atoms with Crippen molar-refractivity contribution < 1.29 is 18.4 Å². The number of alkyl halides is 1. The van der Waals surface area contributed by atoms with Crippen LogP contribution >= 0.6 is 46.4 Å². The maximum absolute atomic E-state index is 16.2. The highest BCUT2D eigenvalue weighted by molar-refractivity contribution is 6.50. The highest BCUT2D eigenvalue weighted by Crippen LogP contribution is 2.48. The van der Waals surface area contributed by atoms with E-state index in [-0.39, 0.29) is 36.9 Å². The Morgan fingerprint density at radius 2 is 1.48 bits per heavy atom. The van der Waals surface area contributed by atoms with Gasteiger partial charge in [0.25, 0.3) is 0 Å². The molecule has 148 valence electrons. The Labute approximate surface area is 183 Å². The SMILES string of the molecule is O=C1C2=C(C(=O)c3ccccc31)C(F)(Nc1c(Cl)c(Cl)cc(Cl)c1Cl)CC=C2F. The molecule has 1 N–H and O–H groups in total. The molecule has 0 saturated heterocycles. The second kappa shape index (κ2) is 7.10. The van der Waals surface area contributed by atoms with E-state index in [9.17, 15) is 14.0 Å². The number of rotatable bonds is 2. The minimum atomic E-state index is -2.67. The van der Waals surface area contributed by atoms with Gasteiger partial charge in [-0.15, -0.1) is 0 Å². The molecule has 0 saturated carbocycles. The van der Waals surface area contributed by atoms with Gasteiger partial charge in [-0.05, 0) is 12.1 Å². The van der Waals surface area contributed by atoms with Gasteiger partial charge in [-0.3, -0.25) is 9.59 Å². The number of Topliss-reactive ketones (excluding diaryl/α,β-unsaturated/α-hetero) is 2. The number of benzene rings is 2. The number of anilines is 1. The van der Waals surface area contributed by atoms with Crippen LogP contribution in [-0.4, -0.2) is 17.4 Å². The summed E-state index contributed by atoms with van der Waals surface area (Å²) in [7, 11) is 0. The van der Waals surface area contributed by atoms with E-state index in [1.54, 1.807) is 0 Å². The van der Waals surface area contributed by atoms with Crippen LogP contribution in [-0.2, 0) is 0 Å². The number of nitrogens with one attached hydrogen (secondary N) is 1. The Balaban J connectivity index is 1.91. The topological polar surface area (TPSA) is 46.2 Å². The van der Waals surface area contributed by atoms with Crippen LogP contribution in [0.1, 0.15) is 27.1 Å². The fraction of sp³-hybridized carbons (Fsp3) is 0.100. The smallest absolute Gasteiger partial charge is 0.214 e. The van der Waals surface area contributed by atoms with Crippen LogP contribution in [0.2, 0.25) is 20.1 Å². The second-order valence-electron chi connectivity index (χ2n) is 6.48. The molecule has 0 amide bonds. The molecule has 0 radical (unpaired) electrons. The largest absolute Gasteiger partial charge is 0.347 e. The maximum Gasteiger partial charge on any atom is 0.214 e. The zero-order valence-corrected chi connectivity index (χ0v) is 17.3. The number of carbonyl (C=O) groups excluding carboxylic acids is 2. The molecule has 0 bridgehead atoms. The molecule has 1 atom stereocenters. The van der Waals surface area contributed by atoms with E-state index >= 15 is 4.39 Å². The number of halogens is 6. The highest BCUT2D eigenvalue weighted by Gasteiger charge is 2.49. The van der Waals surface area contributed by atoms with Crippen LogP contribution in [0, 0.1) is 0 Å². The molecule has 0 aromatic heterocycles. The highest BCUT2D eigenvalue weighted by atomic mass is 35.5. The Kier molecular flexibility index (Phi) is 4.98. The number of hydrogen-bond donors (Lipinski definition) is 1. The van der Waals surface area contributed by atoms with Crippen LogP contribution in [0.25, 0.3) is 0 Å². The van der Waals surface area contributed by atoms with Gasteiger partial charge in [0, 0.05) is 17.5 Å². The number of ketones is 2. The molecule has 0 heterocycles. The molecule has 0 fully saturated rings. The lowest BCUT2D eigenvalue weighted by atomic mass is 9.76. The van der Waals surface area contributed by atoms with Gasteiger partial charge in [0.1, 0.15) is 5.83 Å². The summed E-state index contributed by atoms with van der Waals surface area (Å²) in [5, 5.41) is 2.16. The van der Waals surface area contributed by atoms with Gasteiger partial charge in [0.15, 0.2) is 11.6 Å². The molecule has 3 nitrogen and oxygen atoms in total. The van der Waals surface area contributed by atoms with Crippen molar-refractivity contribution in [1.29, 1.82) is 0 Å². The van der Waals surface area contributed by atoms with Gasteiger partial charge in [0.2, 0.25) is 5.79 Å². The predicted molar refractivity (Wildman–Crippen MR) is 110 cm³/mol. The molecule has 29 heavy (non-hydrogen) atoms. The van der Waals surface area contributed by atoms with E-state index in [1.807, 2.05) is 0 Å². The summed E-state index contributed by atoms with van der Waals surface area (Å²) in [6.45, 7) is 0. The molecule has 0 spiro atoms. The average Bonchev–Trinajstić information content (AvgIpc) is 2.70. The van der Waals surface area contributed by atoms with Gasteiger partial charge >= 0.3 is 0 Å². The molecule has 2 aliphatic carbocycles. The molecule has 4 rings (SSSR count). The Morgan fingerprint density at radius 3 is 2.07 bits per heavy atom. The molecule has 2 aromatic carbocycles. The van der Waals surface area contributed by atoms with E-state index < -0.39 is 40.8 Å². The monoisotopic (exact) mass is 473 g/mol. The maximum atomic E-state index is 16.2. The number of fused-ring (bicyclic) bond motifs is 1. The normalized spacial score (nSPS) is 21.0. The average molecular weight is 475 g/mol. The summed E-state index contributed by atoms with van der Waals surface area (Å²) in [6.07, 6.45) is 0.300. The lowest BCUT2D eigenvalue weighted by molar-refractivity contribution is 0.0932.